The van der Waals surface area contributed by atoms with Crippen molar-refractivity contribution in [3.05, 3.63) is 12.7 Å². The molecule has 0 spiro atoms. The van der Waals surface area contributed by atoms with Crippen molar-refractivity contribution in [1.29, 1.82) is 0 Å². The summed E-state index contributed by atoms with van der Waals surface area (Å²) < 4.78 is 42.5. The Morgan fingerprint density at radius 3 is 2.32 bits per heavy atom. The second-order valence-electron chi connectivity index (χ2n) is 6.57. The van der Waals surface area contributed by atoms with Gasteiger partial charge in [-0.25, -0.2) is 4.79 Å². The van der Waals surface area contributed by atoms with E-state index in [2.05, 4.69) is 6.58 Å². The van der Waals surface area contributed by atoms with Crippen LogP contribution in [-0.4, -0.2) is 47.3 Å². The minimum atomic E-state index is -4.98. The van der Waals surface area contributed by atoms with Gasteiger partial charge in [0, 0.05) is 19.0 Å². The number of alkyl halides is 3. The highest BCUT2D eigenvalue weighted by molar-refractivity contribution is 5.82. The molecule has 0 aromatic rings. The topological polar surface area (TPSA) is 58.6 Å². The fourth-order valence-electron chi connectivity index (χ4n) is 2.28. The molecule has 8 heteroatoms. The van der Waals surface area contributed by atoms with E-state index in [0.717, 1.165) is 0 Å². The lowest BCUT2D eigenvalue weighted by molar-refractivity contribution is -0.175. The average Bonchev–Trinajstić information content (AvgIpc) is 2.62. The van der Waals surface area contributed by atoms with Crippen LogP contribution in [-0.2, 0) is 9.53 Å². The molecule has 1 aliphatic rings. The molecule has 0 aromatic carbocycles. The summed E-state index contributed by atoms with van der Waals surface area (Å²) in [6.07, 6.45) is -4.18. The van der Waals surface area contributed by atoms with Gasteiger partial charge in [-0.05, 0) is 27.7 Å². The maximum Gasteiger partial charge on any atom is 0.471 e. The summed E-state index contributed by atoms with van der Waals surface area (Å²) in [4.78, 5) is 24.5. The quantitative estimate of drug-likeness (QED) is 0.795. The largest absolute Gasteiger partial charge is 0.471 e. The van der Waals surface area contributed by atoms with Gasteiger partial charge in [0.15, 0.2) is 0 Å². The first kappa shape index (κ1) is 18.3. The molecule has 1 fully saturated rings. The van der Waals surface area contributed by atoms with Crippen molar-refractivity contribution in [2.45, 2.75) is 45.0 Å². The Balaban J connectivity index is 2.86. The van der Waals surface area contributed by atoms with Crippen LogP contribution in [0.15, 0.2) is 12.7 Å². The standard InChI is InChI=1S/C14H21F3N2O3/c1-6-9-7-19(11(21)22-12(2,3)4)8-13(9,5)18-10(20)14(15,16)17/h6,9H,1,7-8H2,2-5H3,(H,18,20)/t9-,13+/m0/s1. The van der Waals surface area contributed by atoms with E-state index < -0.39 is 35.2 Å². The summed E-state index contributed by atoms with van der Waals surface area (Å²) in [5.41, 5.74) is -1.96. The lowest BCUT2D eigenvalue weighted by atomic mass is 9.89. The highest BCUT2D eigenvalue weighted by atomic mass is 19.4. The van der Waals surface area contributed by atoms with Gasteiger partial charge < -0.3 is 15.0 Å². The van der Waals surface area contributed by atoms with Gasteiger partial charge in [0.2, 0.25) is 0 Å². The van der Waals surface area contributed by atoms with Crippen LogP contribution in [0.5, 0.6) is 0 Å². The van der Waals surface area contributed by atoms with Gasteiger partial charge in [-0.15, -0.1) is 6.58 Å². The first-order valence-electron chi connectivity index (χ1n) is 6.78. The van der Waals surface area contributed by atoms with Crippen molar-refractivity contribution < 1.29 is 27.5 Å². The van der Waals surface area contributed by atoms with E-state index in [4.69, 9.17) is 4.74 Å². The molecule has 0 unspecified atom stereocenters. The van der Waals surface area contributed by atoms with Crippen LogP contribution in [0.25, 0.3) is 0 Å². The Morgan fingerprint density at radius 2 is 1.91 bits per heavy atom. The van der Waals surface area contributed by atoms with E-state index in [1.165, 1.54) is 17.9 Å². The molecule has 1 saturated heterocycles. The number of nitrogens with zero attached hydrogens (tertiary/aromatic N) is 1. The molecule has 2 amide bonds. The van der Waals surface area contributed by atoms with Gasteiger partial charge in [0.05, 0.1) is 5.54 Å². The first-order valence-corrected chi connectivity index (χ1v) is 6.78. The first-order chi connectivity index (χ1) is 9.78. The van der Waals surface area contributed by atoms with Crippen LogP contribution in [0.2, 0.25) is 0 Å². The number of likely N-dealkylation sites (tertiary alicyclic amines) is 1. The third-order valence-corrected chi connectivity index (χ3v) is 3.35. The lowest BCUT2D eigenvalue weighted by Gasteiger charge is -2.30. The van der Waals surface area contributed by atoms with E-state index in [9.17, 15) is 22.8 Å². The fraction of sp³-hybridized carbons (Fsp3) is 0.714. The summed E-state index contributed by atoms with van der Waals surface area (Å²) in [6, 6.07) is 0. The van der Waals surface area contributed by atoms with Crippen LogP contribution in [0.4, 0.5) is 18.0 Å². The zero-order chi connectivity index (χ0) is 17.3. The van der Waals surface area contributed by atoms with E-state index in [-0.39, 0.29) is 13.1 Å². The van der Waals surface area contributed by atoms with Gasteiger partial charge in [-0.3, -0.25) is 4.79 Å². The Bertz CT molecular complexity index is 471. The van der Waals surface area contributed by atoms with Crippen LogP contribution in [0.1, 0.15) is 27.7 Å². The number of rotatable bonds is 2. The summed E-state index contributed by atoms with van der Waals surface area (Å²) in [6.45, 7) is 10.1. The van der Waals surface area contributed by atoms with E-state index in [1.807, 2.05) is 5.32 Å². The molecule has 1 aliphatic heterocycles. The van der Waals surface area contributed by atoms with E-state index in [1.54, 1.807) is 20.8 Å². The number of hydrogen-bond donors (Lipinski definition) is 1. The van der Waals surface area contributed by atoms with Gasteiger partial charge >= 0.3 is 18.2 Å². The van der Waals surface area contributed by atoms with Crippen molar-refractivity contribution in [3.63, 3.8) is 0 Å². The summed E-state index contributed by atoms with van der Waals surface area (Å²) in [5, 5.41) is 1.96. The predicted octanol–water partition coefficient (Wildman–Crippen LogP) is 2.48. The maximum absolute atomic E-state index is 12.4. The Morgan fingerprint density at radius 1 is 1.36 bits per heavy atom. The minimum Gasteiger partial charge on any atom is -0.444 e. The molecule has 0 aromatic heterocycles. The molecule has 1 heterocycles. The third-order valence-electron chi connectivity index (χ3n) is 3.35. The van der Waals surface area contributed by atoms with Gasteiger partial charge in [-0.2, -0.15) is 13.2 Å². The number of halogens is 3. The van der Waals surface area contributed by atoms with E-state index in [0.29, 0.717) is 0 Å². The number of carbonyl (C=O) groups excluding carboxylic acids is 2. The third kappa shape index (κ3) is 4.38. The normalized spacial score (nSPS) is 25.8. The molecule has 5 nitrogen and oxygen atoms in total. The molecular formula is C14H21F3N2O3. The second-order valence-corrected chi connectivity index (χ2v) is 6.57. The molecule has 22 heavy (non-hydrogen) atoms. The Hall–Kier alpha value is -1.73. The Labute approximate surface area is 127 Å². The van der Waals surface area contributed by atoms with Crippen molar-refractivity contribution >= 4 is 12.0 Å². The van der Waals surface area contributed by atoms with Crippen LogP contribution >= 0.6 is 0 Å². The van der Waals surface area contributed by atoms with Crippen LogP contribution < -0.4 is 5.32 Å². The molecule has 0 bridgehead atoms. The van der Waals surface area contributed by atoms with Gasteiger partial charge in [-0.1, -0.05) is 6.08 Å². The smallest absolute Gasteiger partial charge is 0.444 e. The molecule has 0 aliphatic carbocycles. The van der Waals surface area contributed by atoms with Crippen molar-refractivity contribution in [2.75, 3.05) is 13.1 Å². The summed E-state index contributed by atoms with van der Waals surface area (Å²) >= 11 is 0. The average molecular weight is 322 g/mol. The number of nitrogens with one attached hydrogen (secondary N) is 1. The molecule has 1 N–H and O–H groups in total. The van der Waals surface area contributed by atoms with Crippen molar-refractivity contribution in [3.8, 4) is 0 Å². The summed E-state index contributed by atoms with van der Waals surface area (Å²) in [5.74, 6) is -2.54. The fourth-order valence-corrected chi connectivity index (χ4v) is 2.28. The number of carbonyl (C=O) groups is 2. The van der Waals surface area contributed by atoms with Crippen LogP contribution in [0.3, 0.4) is 0 Å². The lowest BCUT2D eigenvalue weighted by Crippen LogP contribution is -2.55. The molecule has 2 atom stereocenters. The van der Waals surface area contributed by atoms with E-state index >= 15 is 0 Å². The molecule has 0 radical (unpaired) electrons. The predicted molar refractivity (Wildman–Crippen MR) is 74.1 cm³/mol. The Kier molecular flexibility index (Phi) is 4.84. The number of hydrogen-bond acceptors (Lipinski definition) is 3. The zero-order valence-electron chi connectivity index (χ0n) is 13.1. The molecule has 0 saturated carbocycles. The van der Waals surface area contributed by atoms with Crippen molar-refractivity contribution in [2.24, 2.45) is 5.92 Å². The second kappa shape index (κ2) is 5.81. The number of ether oxygens (including phenoxy) is 1. The van der Waals surface area contributed by atoms with Crippen LogP contribution in [0, 0.1) is 5.92 Å². The molecule has 126 valence electrons. The minimum absolute atomic E-state index is 0.0829. The zero-order valence-corrected chi connectivity index (χ0v) is 13.1. The highest BCUT2D eigenvalue weighted by Gasteiger charge is 2.49. The molecular weight excluding hydrogens is 301 g/mol. The molecule has 1 rings (SSSR count). The van der Waals surface area contributed by atoms with Gasteiger partial charge in [0.1, 0.15) is 5.60 Å². The SMILES string of the molecule is C=C[C@H]1CN(C(=O)OC(C)(C)C)C[C@@]1(C)NC(=O)C(F)(F)F. The maximum atomic E-state index is 12.4. The number of amides is 2. The summed E-state index contributed by atoms with van der Waals surface area (Å²) in [7, 11) is 0. The highest BCUT2D eigenvalue weighted by Crippen LogP contribution is 2.31. The van der Waals surface area contributed by atoms with Crippen molar-refractivity contribution in [1.82, 2.24) is 10.2 Å². The van der Waals surface area contributed by atoms with Gasteiger partial charge in [0.25, 0.3) is 0 Å². The monoisotopic (exact) mass is 322 g/mol.